The molecule has 5 nitrogen and oxygen atoms in total. The average molecular weight is 413 g/mol. The Morgan fingerprint density at radius 3 is 2.52 bits per heavy atom. The van der Waals surface area contributed by atoms with E-state index in [0.717, 1.165) is 64.5 Å². The average Bonchev–Trinajstić information content (AvgIpc) is 2.48. The summed E-state index contributed by atoms with van der Waals surface area (Å²) in [6.07, 6.45) is 6.13. The number of halogens is 1. The van der Waals surface area contributed by atoms with Gasteiger partial charge in [-0.25, -0.2) is 0 Å². The van der Waals surface area contributed by atoms with Gasteiger partial charge in [0.05, 0.1) is 6.10 Å². The molecule has 1 N–H and O–H groups in total. The summed E-state index contributed by atoms with van der Waals surface area (Å²) < 4.78 is 10.7. The van der Waals surface area contributed by atoms with Crippen molar-refractivity contribution >= 4 is 29.9 Å². The van der Waals surface area contributed by atoms with Gasteiger partial charge in [0.25, 0.3) is 0 Å². The van der Waals surface area contributed by atoms with Gasteiger partial charge in [0.2, 0.25) is 0 Å². The van der Waals surface area contributed by atoms with Crippen LogP contribution in [0.2, 0.25) is 0 Å². The van der Waals surface area contributed by atoms with Crippen LogP contribution in [0.3, 0.4) is 0 Å². The Morgan fingerprint density at radius 2 is 1.95 bits per heavy atom. The molecular formula is C15H32IN3O2. The standard InChI is InChI=1S/C15H31N3O2.HI/c1-4-20-14-8-11-18(12-9-14)15(16-2)17-10-6-5-7-13-19-3;/h14H,4-13H2,1-3H3,(H,16,17);1H. The van der Waals surface area contributed by atoms with Crippen molar-refractivity contribution in [3.63, 3.8) is 0 Å². The summed E-state index contributed by atoms with van der Waals surface area (Å²) in [6, 6.07) is 0. The summed E-state index contributed by atoms with van der Waals surface area (Å²) in [4.78, 5) is 6.72. The van der Waals surface area contributed by atoms with Gasteiger partial charge in [0, 0.05) is 47.0 Å². The molecule has 0 amide bonds. The fourth-order valence-electron chi connectivity index (χ4n) is 2.55. The zero-order chi connectivity index (χ0) is 14.6. The molecule has 0 unspecified atom stereocenters. The van der Waals surface area contributed by atoms with Crippen LogP contribution in [0.1, 0.15) is 39.0 Å². The van der Waals surface area contributed by atoms with Crippen LogP contribution >= 0.6 is 24.0 Å². The lowest BCUT2D eigenvalue weighted by Crippen LogP contribution is -2.47. The molecule has 1 rings (SSSR count). The number of rotatable bonds is 8. The van der Waals surface area contributed by atoms with E-state index < -0.39 is 0 Å². The van der Waals surface area contributed by atoms with E-state index in [1.807, 2.05) is 7.05 Å². The molecule has 0 aliphatic carbocycles. The molecule has 0 aromatic carbocycles. The van der Waals surface area contributed by atoms with Gasteiger partial charge in [-0.1, -0.05) is 0 Å². The van der Waals surface area contributed by atoms with Crippen molar-refractivity contribution in [2.45, 2.75) is 45.1 Å². The van der Waals surface area contributed by atoms with Crippen LogP contribution in [0.25, 0.3) is 0 Å². The van der Waals surface area contributed by atoms with E-state index in [1.165, 1.54) is 6.42 Å². The molecule has 21 heavy (non-hydrogen) atoms. The van der Waals surface area contributed by atoms with E-state index in [-0.39, 0.29) is 24.0 Å². The van der Waals surface area contributed by atoms with Crippen LogP contribution in [-0.4, -0.2) is 64.0 Å². The molecule has 0 spiro atoms. The minimum atomic E-state index is 0. The third-order valence-electron chi connectivity index (χ3n) is 3.66. The molecule has 0 aromatic heterocycles. The van der Waals surface area contributed by atoms with E-state index in [9.17, 15) is 0 Å². The van der Waals surface area contributed by atoms with Crippen LogP contribution in [0.5, 0.6) is 0 Å². The van der Waals surface area contributed by atoms with Crippen molar-refractivity contribution in [3.05, 3.63) is 0 Å². The lowest BCUT2D eigenvalue weighted by Gasteiger charge is -2.34. The maximum Gasteiger partial charge on any atom is 0.193 e. The Labute approximate surface area is 146 Å². The fraction of sp³-hybridized carbons (Fsp3) is 0.933. The predicted molar refractivity (Wildman–Crippen MR) is 98.7 cm³/mol. The van der Waals surface area contributed by atoms with Crippen LogP contribution < -0.4 is 5.32 Å². The Kier molecular flexibility index (Phi) is 13.5. The first-order valence-electron chi connectivity index (χ1n) is 7.88. The summed E-state index contributed by atoms with van der Waals surface area (Å²) in [6.45, 7) is 6.80. The summed E-state index contributed by atoms with van der Waals surface area (Å²) in [5, 5.41) is 3.46. The van der Waals surface area contributed by atoms with Gasteiger partial charge in [0.15, 0.2) is 5.96 Å². The zero-order valence-corrected chi connectivity index (χ0v) is 16.1. The summed E-state index contributed by atoms with van der Waals surface area (Å²) >= 11 is 0. The van der Waals surface area contributed by atoms with E-state index in [1.54, 1.807) is 7.11 Å². The van der Waals surface area contributed by atoms with Gasteiger partial charge in [-0.3, -0.25) is 4.99 Å². The summed E-state index contributed by atoms with van der Waals surface area (Å²) in [7, 11) is 3.62. The first-order chi connectivity index (χ1) is 9.81. The number of methoxy groups -OCH3 is 1. The molecule has 1 heterocycles. The number of ether oxygens (including phenoxy) is 2. The van der Waals surface area contributed by atoms with Crippen molar-refractivity contribution in [1.82, 2.24) is 10.2 Å². The highest BCUT2D eigenvalue weighted by Gasteiger charge is 2.21. The number of unbranched alkanes of at least 4 members (excludes halogenated alkanes) is 2. The molecule has 0 aromatic rings. The number of nitrogens with zero attached hydrogens (tertiary/aromatic N) is 2. The predicted octanol–water partition coefficient (Wildman–Crippen LogP) is 2.50. The summed E-state index contributed by atoms with van der Waals surface area (Å²) in [5.74, 6) is 1.03. The number of nitrogens with one attached hydrogen (secondary N) is 1. The molecule has 1 aliphatic rings. The Morgan fingerprint density at radius 1 is 1.24 bits per heavy atom. The third-order valence-corrected chi connectivity index (χ3v) is 3.66. The number of hydrogen-bond donors (Lipinski definition) is 1. The monoisotopic (exact) mass is 413 g/mol. The number of aliphatic imine (C=N–C) groups is 1. The maximum absolute atomic E-state index is 5.68. The normalized spacial score (nSPS) is 16.7. The lowest BCUT2D eigenvalue weighted by molar-refractivity contribution is 0.0264. The first kappa shape index (κ1) is 20.9. The van der Waals surface area contributed by atoms with E-state index >= 15 is 0 Å². The highest BCUT2D eigenvalue weighted by Crippen LogP contribution is 2.13. The Hall–Kier alpha value is -0.0800. The number of piperidine rings is 1. The number of hydrogen-bond acceptors (Lipinski definition) is 3. The van der Waals surface area contributed by atoms with Gasteiger partial charge in [-0.15, -0.1) is 24.0 Å². The van der Waals surface area contributed by atoms with Gasteiger partial charge in [0.1, 0.15) is 0 Å². The van der Waals surface area contributed by atoms with Crippen LogP contribution in [-0.2, 0) is 9.47 Å². The van der Waals surface area contributed by atoms with Crippen molar-refractivity contribution in [2.24, 2.45) is 4.99 Å². The van der Waals surface area contributed by atoms with E-state index in [2.05, 4.69) is 22.1 Å². The molecule has 1 saturated heterocycles. The van der Waals surface area contributed by atoms with Gasteiger partial charge in [-0.2, -0.15) is 0 Å². The molecule has 0 radical (unpaired) electrons. The van der Waals surface area contributed by atoms with Crippen LogP contribution in [0.15, 0.2) is 4.99 Å². The number of guanidine groups is 1. The van der Waals surface area contributed by atoms with Crippen molar-refractivity contribution in [2.75, 3.05) is 47.0 Å². The Bertz CT molecular complexity index is 270. The Balaban J connectivity index is 0.00000400. The smallest absolute Gasteiger partial charge is 0.193 e. The van der Waals surface area contributed by atoms with E-state index in [0.29, 0.717) is 6.10 Å². The first-order valence-corrected chi connectivity index (χ1v) is 7.88. The minimum Gasteiger partial charge on any atom is -0.385 e. The highest BCUT2D eigenvalue weighted by atomic mass is 127. The molecule has 1 fully saturated rings. The summed E-state index contributed by atoms with van der Waals surface area (Å²) in [5.41, 5.74) is 0. The molecule has 0 atom stereocenters. The third kappa shape index (κ3) is 8.83. The van der Waals surface area contributed by atoms with Crippen LogP contribution in [0.4, 0.5) is 0 Å². The van der Waals surface area contributed by atoms with Crippen LogP contribution in [0, 0.1) is 0 Å². The second-order valence-corrected chi connectivity index (χ2v) is 5.17. The molecule has 0 saturated carbocycles. The second-order valence-electron chi connectivity index (χ2n) is 5.17. The second kappa shape index (κ2) is 13.6. The van der Waals surface area contributed by atoms with Gasteiger partial charge >= 0.3 is 0 Å². The molecule has 1 aliphatic heterocycles. The quantitative estimate of drug-likeness (QED) is 0.288. The molecule has 0 bridgehead atoms. The van der Waals surface area contributed by atoms with Crippen molar-refractivity contribution in [3.8, 4) is 0 Å². The van der Waals surface area contributed by atoms with Gasteiger partial charge in [-0.05, 0) is 39.0 Å². The topological polar surface area (TPSA) is 46.1 Å². The molecule has 126 valence electrons. The van der Waals surface area contributed by atoms with Crippen molar-refractivity contribution in [1.29, 1.82) is 0 Å². The van der Waals surface area contributed by atoms with E-state index in [4.69, 9.17) is 9.47 Å². The zero-order valence-electron chi connectivity index (χ0n) is 13.8. The molecule has 6 heteroatoms. The lowest BCUT2D eigenvalue weighted by atomic mass is 10.1. The maximum atomic E-state index is 5.68. The van der Waals surface area contributed by atoms with Gasteiger partial charge < -0.3 is 19.7 Å². The SMILES string of the molecule is CCOC1CCN(C(=NC)NCCCCCOC)CC1.I. The molecular weight excluding hydrogens is 381 g/mol. The highest BCUT2D eigenvalue weighted by molar-refractivity contribution is 14.0. The largest absolute Gasteiger partial charge is 0.385 e. The minimum absolute atomic E-state index is 0. The van der Waals surface area contributed by atoms with Crippen molar-refractivity contribution < 1.29 is 9.47 Å². The fourth-order valence-corrected chi connectivity index (χ4v) is 2.55. The number of likely N-dealkylation sites (tertiary alicyclic amines) is 1.